The van der Waals surface area contributed by atoms with E-state index < -0.39 is 32.7 Å². The number of hydrogen-bond acceptors (Lipinski definition) is 5. The van der Waals surface area contributed by atoms with Gasteiger partial charge in [-0.05, 0) is 37.1 Å². The predicted octanol–water partition coefficient (Wildman–Crippen LogP) is 1.38. The highest BCUT2D eigenvalue weighted by atomic mass is 32.2. The minimum Gasteiger partial charge on any atom is -0.354 e. The van der Waals surface area contributed by atoms with Gasteiger partial charge >= 0.3 is 0 Å². The molecule has 1 aliphatic heterocycles. The van der Waals surface area contributed by atoms with Gasteiger partial charge in [0.05, 0.1) is 0 Å². The van der Waals surface area contributed by atoms with Gasteiger partial charge in [0.15, 0.2) is 5.65 Å². The fourth-order valence-electron chi connectivity index (χ4n) is 3.55. The molecule has 3 heterocycles. The van der Waals surface area contributed by atoms with Gasteiger partial charge in [-0.25, -0.2) is 12.8 Å². The molecule has 0 bridgehead atoms. The first-order valence-corrected chi connectivity index (χ1v) is 10.8. The molecule has 1 amide bonds. The number of carbonyl (C=O) groups is 1. The van der Waals surface area contributed by atoms with E-state index in [1.54, 1.807) is 0 Å². The molecular weight excluding hydrogens is 397 g/mol. The summed E-state index contributed by atoms with van der Waals surface area (Å²) in [6.07, 6.45) is 3.23. The van der Waals surface area contributed by atoms with Crippen LogP contribution in [0.1, 0.15) is 18.7 Å². The van der Waals surface area contributed by atoms with Crippen molar-refractivity contribution < 1.29 is 17.6 Å². The van der Waals surface area contributed by atoms with Gasteiger partial charge in [-0.1, -0.05) is 18.2 Å². The molecular formula is C19H20FN5O3S. The number of nitrogens with zero attached hydrogens (tertiary/aromatic N) is 4. The summed E-state index contributed by atoms with van der Waals surface area (Å²) in [5, 5.41) is 10.9. The molecule has 152 valence electrons. The van der Waals surface area contributed by atoms with Crippen molar-refractivity contribution in [3.05, 3.63) is 60.3 Å². The fraction of sp³-hybridized carbons (Fsp3) is 0.316. The molecule has 0 unspecified atom stereocenters. The Hall–Kier alpha value is -2.85. The first-order chi connectivity index (χ1) is 14.0. The minimum absolute atomic E-state index is 0.184. The van der Waals surface area contributed by atoms with Crippen LogP contribution < -0.4 is 5.32 Å². The second-order valence-corrected chi connectivity index (χ2v) is 8.65. The van der Waals surface area contributed by atoms with E-state index in [0.29, 0.717) is 37.3 Å². The van der Waals surface area contributed by atoms with Gasteiger partial charge in [-0.15, -0.1) is 10.2 Å². The molecule has 0 radical (unpaired) electrons. The number of amides is 1. The molecule has 4 rings (SSSR count). The van der Waals surface area contributed by atoms with Crippen molar-refractivity contribution in [2.24, 2.45) is 0 Å². The van der Waals surface area contributed by atoms with Crippen LogP contribution in [0.4, 0.5) is 4.39 Å². The van der Waals surface area contributed by atoms with Crippen LogP contribution in [0.2, 0.25) is 0 Å². The fourth-order valence-corrected chi connectivity index (χ4v) is 5.27. The lowest BCUT2D eigenvalue weighted by Crippen LogP contribution is -2.46. The number of fused-ring (bicyclic) bond motifs is 1. The van der Waals surface area contributed by atoms with Crippen LogP contribution in [-0.2, 0) is 21.2 Å². The lowest BCUT2D eigenvalue weighted by Gasteiger charge is -2.23. The standard InChI is InChI=1S/C19H20FN5O3S/c20-14-6-1-2-8-16(14)29(27,28)25-13-5-7-15(25)19(26)21-11-10-18-23-22-17-9-3-4-12-24(17)18/h1-4,6,8-9,12,15H,5,7,10-11,13H2,(H,21,26)/t15-/m1/s1. The van der Waals surface area contributed by atoms with E-state index in [-0.39, 0.29) is 6.54 Å². The molecule has 8 nitrogen and oxygen atoms in total. The Bertz CT molecular complexity index is 1150. The number of aromatic nitrogens is 3. The summed E-state index contributed by atoms with van der Waals surface area (Å²) in [5.74, 6) is -0.517. The first-order valence-electron chi connectivity index (χ1n) is 9.31. The number of hydrogen-bond donors (Lipinski definition) is 1. The number of carbonyl (C=O) groups excluding carboxylic acids is 1. The van der Waals surface area contributed by atoms with Gasteiger partial charge in [0.2, 0.25) is 15.9 Å². The van der Waals surface area contributed by atoms with Crippen LogP contribution in [0.15, 0.2) is 53.6 Å². The van der Waals surface area contributed by atoms with Crippen LogP contribution >= 0.6 is 0 Å². The minimum atomic E-state index is -4.09. The monoisotopic (exact) mass is 417 g/mol. The van der Waals surface area contributed by atoms with Crippen molar-refractivity contribution in [2.75, 3.05) is 13.1 Å². The van der Waals surface area contributed by atoms with E-state index in [4.69, 9.17) is 0 Å². The van der Waals surface area contributed by atoms with Crippen LogP contribution in [0.25, 0.3) is 5.65 Å². The predicted molar refractivity (Wildman–Crippen MR) is 103 cm³/mol. The van der Waals surface area contributed by atoms with E-state index >= 15 is 0 Å². The Kier molecular flexibility index (Phi) is 5.29. The molecule has 0 saturated carbocycles. The SMILES string of the molecule is O=C(NCCc1nnc2ccccn12)[C@H]1CCCN1S(=O)(=O)c1ccccc1F. The molecule has 10 heteroatoms. The Morgan fingerprint density at radius 3 is 2.79 bits per heavy atom. The summed E-state index contributed by atoms with van der Waals surface area (Å²) in [4.78, 5) is 12.2. The number of halogens is 1. The van der Waals surface area contributed by atoms with E-state index in [2.05, 4.69) is 15.5 Å². The molecule has 1 aromatic carbocycles. The average molecular weight is 417 g/mol. The molecule has 3 aromatic rings. The average Bonchev–Trinajstić information content (AvgIpc) is 3.36. The van der Waals surface area contributed by atoms with E-state index in [9.17, 15) is 17.6 Å². The number of sulfonamides is 1. The van der Waals surface area contributed by atoms with E-state index in [1.165, 1.54) is 18.2 Å². The second kappa shape index (κ2) is 7.88. The number of pyridine rings is 1. The summed E-state index contributed by atoms with van der Waals surface area (Å²) >= 11 is 0. The van der Waals surface area contributed by atoms with Gasteiger partial charge in [-0.3, -0.25) is 9.20 Å². The molecule has 29 heavy (non-hydrogen) atoms. The lowest BCUT2D eigenvalue weighted by atomic mass is 10.2. The van der Waals surface area contributed by atoms with Gasteiger partial charge in [0.1, 0.15) is 22.6 Å². The smallest absolute Gasteiger partial charge is 0.246 e. The number of nitrogens with one attached hydrogen (secondary N) is 1. The molecule has 1 N–H and O–H groups in total. The quantitative estimate of drug-likeness (QED) is 0.654. The molecule has 1 aliphatic rings. The maximum atomic E-state index is 14.0. The molecule has 2 aromatic heterocycles. The normalized spacial score (nSPS) is 17.6. The van der Waals surface area contributed by atoms with E-state index in [1.807, 2.05) is 28.8 Å². The Morgan fingerprint density at radius 2 is 1.97 bits per heavy atom. The van der Waals surface area contributed by atoms with Crippen molar-refractivity contribution in [3.63, 3.8) is 0 Å². The molecule has 1 saturated heterocycles. The van der Waals surface area contributed by atoms with Crippen molar-refractivity contribution in [2.45, 2.75) is 30.2 Å². The molecule has 1 fully saturated rings. The number of rotatable bonds is 6. The summed E-state index contributed by atoms with van der Waals surface area (Å²) in [5.41, 5.74) is 0.715. The van der Waals surface area contributed by atoms with Gasteiger partial charge in [0.25, 0.3) is 0 Å². The largest absolute Gasteiger partial charge is 0.354 e. The van der Waals surface area contributed by atoms with Crippen LogP contribution in [0.3, 0.4) is 0 Å². The van der Waals surface area contributed by atoms with Crippen molar-refractivity contribution in [3.8, 4) is 0 Å². The van der Waals surface area contributed by atoms with Crippen molar-refractivity contribution in [1.82, 2.24) is 24.2 Å². The lowest BCUT2D eigenvalue weighted by molar-refractivity contribution is -0.124. The summed E-state index contributed by atoms with van der Waals surface area (Å²) < 4.78 is 42.7. The van der Waals surface area contributed by atoms with Crippen LogP contribution in [0.5, 0.6) is 0 Å². The second-order valence-electron chi connectivity index (χ2n) is 6.79. The third-order valence-electron chi connectivity index (χ3n) is 4.96. The zero-order valence-electron chi connectivity index (χ0n) is 15.5. The topological polar surface area (TPSA) is 96.7 Å². The highest BCUT2D eigenvalue weighted by molar-refractivity contribution is 7.89. The van der Waals surface area contributed by atoms with E-state index in [0.717, 1.165) is 10.4 Å². The van der Waals surface area contributed by atoms with Gasteiger partial charge < -0.3 is 5.32 Å². The summed E-state index contributed by atoms with van der Waals surface area (Å²) in [7, 11) is -4.09. The highest BCUT2D eigenvalue weighted by Crippen LogP contribution is 2.27. The highest BCUT2D eigenvalue weighted by Gasteiger charge is 2.40. The van der Waals surface area contributed by atoms with Crippen molar-refractivity contribution >= 4 is 21.6 Å². The zero-order chi connectivity index (χ0) is 20.4. The summed E-state index contributed by atoms with van der Waals surface area (Å²) in [6, 6.07) is 9.91. The van der Waals surface area contributed by atoms with Gasteiger partial charge in [-0.2, -0.15) is 4.31 Å². The molecule has 1 atom stereocenters. The maximum absolute atomic E-state index is 14.0. The zero-order valence-corrected chi connectivity index (χ0v) is 16.3. The Labute approximate surface area is 167 Å². The maximum Gasteiger partial charge on any atom is 0.246 e. The summed E-state index contributed by atoms with van der Waals surface area (Å²) in [6.45, 7) is 0.474. The molecule has 0 spiro atoms. The number of benzene rings is 1. The van der Waals surface area contributed by atoms with Crippen molar-refractivity contribution in [1.29, 1.82) is 0 Å². The molecule has 0 aliphatic carbocycles. The van der Waals surface area contributed by atoms with Gasteiger partial charge in [0, 0.05) is 25.7 Å². The first kappa shape index (κ1) is 19.5. The Morgan fingerprint density at radius 1 is 1.17 bits per heavy atom. The van der Waals surface area contributed by atoms with Crippen LogP contribution in [0, 0.1) is 5.82 Å². The third kappa shape index (κ3) is 3.73. The Balaban J connectivity index is 1.43. The van der Waals surface area contributed by atoms with Crippen LogP contribution in [-0.4, -0.2) is 52.4 Å². The third-order valence-corrected chi connectivity index (χ3v) is 6.90.